The summed E-state index contributed by atoms with van der Waals surface area (Å²) in [6.45, 7) is 22.4. The normalized spacial score (nSPS) is 16.8. The van der Waals surface area contributed by atoms with Gasteiger partial charge < -0.3 is 16.8 Å². The average Bonchev–Trinajstić information content (AvgIpc) is 2.05. The Bertz CT molecular complexity index is 323. The smallest absolute Gasteiger partial charge is 0.414 e. The van der Waals surface area contributed by atoms with Gasteiger partial charge in [-0.15, -0.1) is 0 Å². The van der Waals surface area contributed by atoms with E-state index in [1.807, 2.05) is 0 Å². The van der Waals surface area contributed by atoms with Gasteiger partial charge in [0.15, 0.2) is 30.6 Å². The largest absolute Gasteiger partial charge is 0.530 e. The molecule has 4 nitrogen and oxygen atoms in total. The van der Waals surface area contributed by atoms with Crippen LogP contribution in [0.3, 0.4) is 0 Å². The molecule has 0 radical (unpaired) electrons. The maximum atomic E-state index is 6.75. The van der Waals surface area contributed by atoms with Gasteiger partial charge in [0.2, 0.25) is 0 Å². The molecule has 134 valence electrons. The van der Waals surface area contributed by atoms with Crippen molar-refractivity contribution < 1.29 is 16.8 Å². The molecule has 0 saturated carbocycles. The van der Waals surface area contributed by atoms with E-state index in [2.05, 4.69) is 87.0 Å². The van der Waals surface area contributed by atoms with E-state index >= 15 is 0 Å². The van der Waals surface area contributed by atoms with Gasteiger partial charge >= 0.3 is 8.80 Å². The number of nitrogens with zero attached hydrogens (tertiary/aromatic N) is 1. The van der Waals surface area contributed by atoms with E-state index < -0.39 is 33.8 Å². The van der Waals surface area contributed by atoms with Gasteiger partial charge in [-0.05, 0) is 65.8 Å². The lowest BCUT2D eigenvalue weighted by Crippen LogP contribution is -2.72. The van der Waals surface area contributed by atoms with Crippen LogP contribution in [0.25, 0.3) is 0 Å². The van der Waals surface area contributed by atoms with Crippen LogP contribution in [0.4, 0.5) is 0 Å². The summed E-state index contributed by atoms with van der Waals surface area (Å²) in [7, 11) is -1.52. The standard InChI is InChI=1S/C14H40NO3Si4/c1-14(15(2,3)4)22(16-19(5,6)7,17-20(8,9)10)18-21(11,12)13/h14H,1-13H3/q+1. The summed E-state index contributed by atoms with van der Waals surface area (Å²) in [5.41, 5.74) is 0.220. The number of rotatable bonds is 8. The van der Waals surface area contributed by atoms with Crippen LogP contribution in [-0.4, -0.2) is 65.0 Å². The van der Waals surface area contributed by atoms with E-state index in [0.29, 0.717) is 0 Å². The summed E-state index contributed by atoms with van der Waals surface area (Å²) in [5.74, 6) is 0. The first-order valence-electron chi connectivity index (χ1n) is 8.19. The van der Waals surface area contributed by atoms with E-state index in [-0.39, 0.29) is 5.67 Å². The second kappa shape index (κ2) is 6.91. The molecule has 0 aromatic heterocycles. The first-order valence-corrected chi connectivity index (χ1v) is 20.2. The summed E-state index contributed by atoms with van der Waals surface area (Å²) in [4.78, 5) is 0. The fourth-order valence-corrected chi connectivity index (χ4v) is 16.9. The molecule has 0 aliphatic heterocycles. The maximum absolute atomic E-state index is 6.75. The van der Waals surface area contributed by atoms with Gasteiger partial charge in [0, 0.05) is 0 Å². The third-order valence-corrected chi connectivity index (χ3v) is 15.6. The van der Waals surface area contributed by atoms with Gasteiger partial charge in [-0.1, -0.05) is 0 Å². The molecule has 0 aromatic carbocycles. The predicted molar refractivity (Wildman–Crippen MR) is 107 cm³/mol. The highest BCUT2D eigenvalue weighted by Gasteiger charge is 2.59. The molecule has 0 aliphatic carbocycles. The Kier molecular flexibility index (Phi) is 7.13. The van der Waals surface area contributed by atoms with Gasteiger partial charge in [0.25, 0.3) is 0 Å². The third-order valence-electron chi connectivity index (χ3n) is 3.02. The van der Waals surface area contributed by atoms with Crippen molar-refractivity contribution in [1.82, 2.24) is 0 Å². The first kappa shape index (κ1) is 22.7. The van der Waals surface area contributed by atoms with Gasteiger partial charge in [-0.25, -0.2) is 0 Å². The molecule has 0 N–H and O–H groups in total. The van der Waals surface area contributed by atoms with Crippen LogP contribution >= 0.6 is 0 Å². The molecule has 22 heavy (non-hydrogen) atoms. The van der Waals surface area contributed by atoms with Crippen LogP contribution in [0.15, 0.2) is 0 Å². The summed E-state index contributed by atoms with van der Waals surface area (Å²) >= 11 is 0. The topological polar surface area (TPSA) is 27.7 Å². The lowest BCUT2D eigenvalue weighted by atomic mass is 10.6. The highest BCUT2D eigenvalue weighted by atomic mass is 28.5. The molecule has 0 aliphatic rings. The van der Waals surface area contributed by atoms with Gasteiger partial charge in [0.05, 0.1) is 21.1 Å². The van der Waals surface area contributed by atoms with Crippen molar-refractivity contribution in [3.05, 3.63) is 0 Å². The fraction of sp³-hybridized carbons (Fsp3) is 1.00. The summed E-state index contributed by atoms with van der Waals surface area (Å²) in [6, 6.07) is 0. The molecule has 1 unspecified atom stereocenters. The van der Waals surface area contributed by atoms with Crippen molar-refractivity contribution in [3.63, 3.8) is 0 Å². The SMILES string of the molecule is CC([N+](C)(C)C)[Si](O[Si](C)(C)C)(O[Si](C)(C)C)O[Si](C)(C)C. The van der Waals surface area contributed by atoms with Crippen LogP contribution in [0.1, 0.15) is 6.92 Å². The number of quaternary nitrogens is 1. The van der Waals surface area contributed by atoms with Crippen molar-refractivity contribution >= 4 is 33.8 Å². The minimum Gasteiger partial charge on any atom is -0.414 e. The zero-order valence-electron chi connectivity index (χ0n) is 17.2. The van der Waals surface area contributed by atoms with Crippen molar-refractivity contribution in [3.8, 4) is 0 Å². The van der Waals surface area contributed by atoms with Crippen LogP contribution < -0.4 is 0 Å². The number of hydrogen-bond acceptors (Lipinski definition) is 3. The second-order valence-electron chi connectivity index (χ2n) is 10.0. The van der Waals surface area contributed by atoms with Crippen LogP contribution in [0, 0.1) is 0 Å². The van der Waals surface area contributed by atoms with Gasteiger partial charge in [-0.2, -0.15) is 0 Å². The zero-order valence-corrected chi connectivity index (χ0v) is 21.2. The molecule has 0 heterocycles. The molecule has 0 spiro atoms. The lowest BCUT2D eigenvalue weighted by molar-refractivity contribution is -0.884. The molecular formula is C14H40NO3Si4+. The zero-order chi connectivity index (χ0) is 18.2. The quantitative estimate of drug-likeness (QED) is 0.467. The Morgan fingerprint density at radius 2 is 0.818 bits per heavy atom. The molecule has 0 fully saturated rings. The maximum Gasteiger partial charge on any atom is 0.530 e. The van der Waals surface area contributed by atoms with E-state index in [1.165, 1.54) is 0 Å². The van der Waals surface area contributed by atoms with E-state index in [4.69, 9.17) is 12.3 Å². The van der Waals surface area contributed by atoms with E-state index in [1.54, 1.807) is 0 Å². The van der Waals surface area contributed by atoms with Crippen LogP contribution in [0.2, 0.25) is 58.9 Å². The Labute approximate surface area is 143 Å². The summed E-state index contributed by atoms with van der Waals surface area (Å²) < 4.78 is 21.1. The highest BCUT2D eigenvalue weighted by molar-refractivity contribution is 6.90. The highest BCUT2D eigenvalue weighted by Crippen LogP contribution is 2.31. The van der Waals surface area contributed by atoms with E-state index in [0.717, 1.165) is 4.48 Å². The van der Waals surface area contributed by atoms with Crippen LogP contribution in [0.5, 0.6) is 0 Å². The second-order valence-corrected chi connectivity index (χ2v) is 27.2. The average molecular weight is 383 g/mol. The van der Waals surface area contributed by atoms with Crippen LogP contribution in [-0.2, 0) is 12.3 Å². The van der Waals surface area contributed by atoms with Gasteiger partial charge in [0.1, 0.15) is 0 Å². The Morgan fingerprint density at radius 1 is 0.591 bits per heavy atom. The minimum absolute atomic E-state index is 0.220. The number of hydrogen-bond donors (Lipinski definition) is 0. The molecule has 0 aromatic rings. The molecule has 8 heteroatoms. The van der Waals surface area contributed by atoms with E-state index in [9.17, 15) is 0 Å². The molecule has 1 atom stereocenters. The predicted octanol–water partition coefficient (Wildman–Crippen LogP) is 4.11. The Morgan fingerprint density at radius 3 is 0.955 bits per heavy atom. The van der Waals surface area contributed by atoms with Crippen molar-refractivity contribution in [2.75, 3.05) is 21.1 Å². The fourth-order valence-electron chi connectivity index (χ4n) is 2.07. The molecule has 0 bridgehead atoms. The summed E-state index contributed by atoms with van der Waals surface area (Å²) in [5, 5.41) is 0. The van der Waals surface area contributed by atoms with Crippen molar-refractivity contribution in [2.45, 2.75) is 71.5 Å². The van der Waals surface area contributed by atoms with Gasteiger partial charge in [-0.3, -0.25) is 0 Å². The lowest BCUT2D eigenvalue weighted by Gasteiger charge is -2.48. The summed E-state index contributed by atoms with van der Waals surface area (Å²) in [6.07, 6.45) is 0. The molecule has 0 saturated heterocycles. The van der Waals surface area contributed by atoms with Crippen molar-refractivity contribution in [2.24, 2.45) is 0 Å². The first-order chi connectivity index (χ1) is 9.28. The molecule has 0 rings (SSSR count). The Hall–Kier alpha value is 0.708. The van der Waals surface area contributed by atoms with Crippen molar-refractivity contribution in [1.29, 1.82) is 0 Å². The Balaban J connectivity index is 6.02. The third kappa shape index (κ3) is 8.53. The minimum atomic E-state index is -2.78. The molecule has 0 amide bonds. The molecular weight excluding hydrogens is 343 g/mol. The monoisotopic (exact) mass is 382 g/mol.